The van der Waals surface area contributed by atoms with Crippen LogP contribution in [0.3, 0.4) is 0 Å². The molecule has 90 valence electrons. The molecule has 0 amide bonds. The monoisotopic (exact) mass is 229 g/mol. The van der Waals surface area contributed by atoms with Crippen molar-refractivity contribution < 1.29 is 0 Å². The maximum Gasteiger partial charge on any atom is 0.105 e. The van der Waals surface area contributed by atoms with Crippen molar-refractivity contribution in [1.82, 2.24) is 14.9 Å². The zero-order valence-corrected chi connectivity index (χ0v) is 10.5. The van der Waals surface area contributed by atoms with Gasteiger partial charge in [0.15, 0.2) is 0 Å². The summed E-state index contributed by atoms with van der Waals surface area (Å²) in [6, 6.07) is 8.49. The first-order valence-corrected chi connectivity index (χ1v) is 6.00. The minimum absolute atomic E-state index is 0.931. The number of nitrogens with one attached hydrogen (secondary N) is 1. The Morgan fingerprint density at radius 2 is 2.06 bits per heavy atom. The Bertz CT molecular complexity index is 474. The lowest BCUT2D eigenvalue weighted by molar-refractivity contribution is 0.587. The molecule has 0 atom stereocenters. The van der Waals surface area contributed by atoms with Gasteiger partial charge in [0, 0.05) is 32.0 Å². The summed E-state index contributed by atoms with van der Waals surface area (Å²) in [5, 5.41) is 3.46. The molecule has 0 bridgehead atoms. The third kappa shape index (κ3) is 3.17. The summed E-state index contributed by atoms with van der Waals surface area (Å²) in [6.07, 6.45) is 3.86. The molecule has 17 heavy (non-hydrogen) atoms. The van der Waals surface area contributed by atoms with E-state index in [1.165, 1.54) is 11.1 Å². The predicted molar refractivity (Wildman–Crippen MR) is 69.8 cm³/mol. The fraction of sp³-hybridized carbons (Fsp3) is 0.357. The van der Waals surface area contributed by atoms with Crippen LogP contribution in [0.1, 0.15) is 17.0 Å². The highest BCUT2D eigenvalue weighted by Gasteiger charge is 1.98. The second kappa shape index (κ2) is 5.64. The summed E-state index contributed by atoms with van der Waals surface area (Å²) in [7, 11) is 0. The van der Waals surface area contributed by atoms with Gasteiger partial charge < -0.3 is 9.88 Å². The van der Waals surface area contributed by atoms with Crippen molar-refractivity contribution in [2.45, 2.75) is 26.9 Å². The Hall–Kier alpha value is -1.61. The molecule has 0 aliphatic rings. The first-order valence-electron chi connectivity index (χ1n) is 6.00. The number of aromatic nitrogens is 2. The molecule has 3 nitrogen and oxygen atoms in total. The van der Waals surface area contributed by atoms with Gasteiger partial charge in [0.1, 0.15) is 5.82 Å². The normalized spacial score (nSPS) is 10.7. The van der Waals surface area contributed by atoms with Crippen molar-refractivity contribution in [1.29, 1.82) is 0 Å². The molecule has 1 heterocycles. The Labute approximate surface area is 103 Å². The number of aryl methyl sites for hydroxylation is 2. The highest BCUT2D eigenvalue weighted by molar-refractivity contribution is 5.25. The van der Waals surface area contributed by atoms with Gasteiger partial charge in [0.05, 0.1) is 0 Å². The zero-order chi connectivity index (χ0) is 12.1. The van der Waals surface area contributed by atoms with E-state index in [0.29, 0.717) is 0 Å². The molecule has 0 radical (unpaired) electrons. The van der Waals surface area contributed by atoms with Crippen LogP contribution in [0.2, 0.25) is 0 Å². The summed E-state index contributed by atoms with van der Waals surface area (Å²) in [4.78, 5) is 4.20. The van der Waals surface area contributed by atoms with Crippen molar-refractivity contribution in [3.05, 3.63) is 53.6 Å². The Kier molecular flexibility index (Phi) is 3.94. The van der Waals surface area contributed by atoms with E-state index < -0.39 is 0 Å². The van der Waals surface area contributed by atoms with E-state index in [4.69, 9.17) is 0 Å². The van der Waals surface area contributed by atoms with Crippen LogP contribution in [0.5, 0.6) is 0 Å². The third-order valence-corrected chi connectivity index (χ3v) is 3.03. The van der Waals surface area contributed by atoms with Crippen molar-refractivity contribution in [3.8, 4) is 0 Å². The molecule has 1 aromatic heterocycles. The lowest BCUT2D eigenvalue weighted by atomic mass is 10.1. The minimum atomic E-state index is 0.931. The van der Waals surface area contributed by atoms with Crippen molar-refractivity contribution >= 4 is 0 Å². The summed E-state index contributed by atoms with van der Waals surface area (Å²) >= 11 is 0. The fourth-order valence-electron chi connectivity index (χ4n) is 1.87. The maximum absolute atomic E-state index is 4.20. The van der Waals surface area contributed by atoms with Crippen LogP contribution in [0.4, 0.5) is 0 Å². The molecule has 0 spiro atoms. The summed E-state index contributed by atoms with van der Waals surface area (Å²) in [6.45, 7) is 7.04. The first-order chi connectivity index (χ1) is 8.27. The molecular formula is C14H19N3. The summed E-state index contributed by atoms with van der Waals surface area (Å²) in [5.74, 6) is 1.07. The SMILES string of the molecule is Cc1ccccc1CNCCn1ccnc1C. The van der Waals surface area contributed by atoms with Crippen LogP contribution >= 0.6 is 0 Å². The average Bonchev–Trinajstić information content (AvgIpc) is 2.73. The second-order valence-corrected chi connectivity index (χ2v) is 4.27. The molecule has 1 N–H and O–H groups in total. The largest absolute Gasteiger partial charge is 0.334 e. The molecule has 2 aromatic rings. The van der Waals surface area contributed by atoms with Gasteiger partial charge in [-0.15, -0.1) is 0 Å². The molecule has 0 fully saturated rings. The van der Waals surface area contributed by atoms with Gasteiger partial charge in [-0.2, -0.15) is 0 Å². The number of imidazole rings is 1. The molecule has 1 aromatic carbocycles. The molecule has 0 saturated carbocycles. The van der Waals surface area contributed by atoms with Crippen molar-refractivity contribution in [2.24, 2.45) is 0 Å². The lowest BCUT2D eigenvalue weighted by Crippen LogP contribution is -2.20. The van der Waals surface area contributed by atoms with E-state index in [9.17, 15) is 0 Å². The number of hydrogen-bond acceptors (Lipinski definition) is 2. The number of nitrogens with zero attached hydrogens (tertiary/aromatic N) is 2. The van der Waals surface area contributed by atoms with E-state index in [2.05, 4.69) is 46.1 Å². The van der Waals surface area contributed by atoms with E-state index in [-0.39, 0.29) is 0 Å². The highest BCUT2D eigenvalue weighted by atomic mass is 15.1. The van der Waals surface area contributed by atoms with E-state index in [0.717, 1.165) is 25.5 Å². The second-order valence-electron chi connectivity index (χ2n) is 4.27. The van der Waals surface area contributed by atoms with Gasteiger partial charge in [0.2, 0.25) is 0 Å². The number of hydrogen-bond donors (Lipinski definition) is 1. The molecule has 3 heteroatoms. The number of benzene rings is 1. The molecule has 0 saturated heterocycles. The topological polar surface area (TPSA) is 29.9 Å². The van der Waals surface area contributed by atoms with Crippen molar-refractivity contribution in [3.63, 3.8) is 0 Å². The Balaban J connectivity index is 1.77. The van der Waals surface area contributed by atoms with Crippen LogP contribution in [-0.4, -0.2) is 16.1 Å². The first kappa shape index (κ1) is 11.9. The van der Waals surface area contributed by atoms with Crippen LogP contribution < -0.4 is 5.32 Å². The summed E-state index contributed by atoms with van der Waals surface area (Å²) in [5.41, 5.74) is 2.72. The maximum atomic E-state index is 4.20. The minimum Gasteiger partial charge on any atom is -0.334 e. The van der Waals surface area contributed by atoms with Gasteiger partial charge >= 0.3 is 0 Å². The third-order valence-electron chi connectivity index (χ3n) is 3.03. The van der Waals surface area contributed by atoms with E-state index in [1.807, 2.05) is 19.3 Å². The van der Waals surface area contributed by atoms with Crippen LogP contribution in [-0.2, 0) is 13.1 Å². The van der Waals surface area contributed by atoms with Gasteiger partial charge in [0.25, 0.3) is 0 Å². The smallest absolute Gasteiger partial charge is 0.105 e. The standard InChI is InChI=1S/C14H19N3/c1-12-5-3-4-6-14(12)11-15-7-9-17-10-8-16-13(17)2/h3-6,8,10,15H,7,9,11H2,1-2H3. The van der Waals surface area contributed by atoms with E-state index in [1.54, 1.807) is 0 Å². The molecule has 0 aliphatic carbocycles. The lowest BCUT2D eigenvalue weighted by Gasteiger charge is -2.08. The molecular weight excluding hydrogens is 210 g/mol. The Morgan fingerprint density at radius 1 is 1.24 bits per heavy atom. The molecule has 0 unspecified atom stereocenters. The number of rotatable bonds is 5. The highest BCUT2D eigenvalue weighted by Crippen LogP contribution is 2.05. The Morgan fingerprint density at radius 3 is 2.76 bits per heavy atom. The molecule has 2 rings (SSSR count). The quantitative estimate of drug-likeness (QED) is 0.797. The van der Waals surface area contributed by atoms with Crippen LogP contribution in [0.25, 0.3) is 0 Å². The van der Waals surface area contributed by atoms with Gasteiger partial charge in [-0.1, -0.05) is 24.3 Å². The molecule has 0 aliphatic heterocycles. The van der Waals surface area contributed by atoms with Gasteiger partial charge in [-0.3, -0.25) is 0 Å². The van der Waals surface area contributed by atoms with Crippen LogP contribution in [0, 0.1) is 13.8 Å². The average molecular weight is 229 g/mol. The predicted octanol–water partition coefficient (Wildman–Crippen LogP) is 2.29. The zero-order valence-electron chi connectivity index (χ0n) is 10.5. The van der Waals surface area contributed by atoms with Crippen LogP contribution in [0.15, 0.2) is 36.7 Å². The van der Waals surface area contributed by atoms with E-state index >= 15 is 0 Å². The van der Waals surface area contributed by atoms with Crippen molar-refractivity contribution in [2.75, 3.05) is 6.54 Å². The van der Waals surface area contributed by atoms with Gasteiger partial charge in [-0.05, 0) is 25.0 Å². The fourth-order valence-corrected chi connectivity index (χ4v) is 1.87. The summed E-state index contributed by atoms with van der Waals surface area (Å²) < 4.78 is 2.16. The van der Waals surface area contributed by atoms with Gasteiger partial charge in [-0.25, -0.2) is 4.98 Å².